The molecular formula is C13H29NO3S. The van der Waals surface area contributed by atoms with E-state index < -0.39 is 9.84 Å². The molecule has 0 bridgehead atoms. The van der Waals surface area contributed by atoms with Crippen molar-refractivity contribution >= 4 is 9.84 Å². The molecule has 0 aromatic carbocycles. The molecule has 0 heterocycles. The molecule has 0 spiro atoms. The van der Waals surface area contributed by atoms with Gasteiger partial charge in [-0.3, -0.25) is 0 Å². The molecule has 0 aromatic rings. The zero-order valence-corrected chi connectivity index (χ0v) is 13.3. The second kappa shape index (κ2) is 8.12. The van der Waals surface area contributed by atoms with Gasteiger partial charge < -0.3 is 10.1 Å². The number of hydrogen-bond acceptors (Lipinski definition) is 4. The van der Waals surface area contributed by atoms with E-state index in [0.717, 1.165) is 6.54 Å². The van der Waals surface area contributed by atoms with Crippen molar-refractivity contribution in [3.05, 3.63) is 0 Å². The molecule has 0 aliphatic rings. The van der Waals surface area contributed by atoms with Gasteiger partial charge in [0.25, 0.3) is 0 Å². The van der Waals surface area contributed by atoms with E-state index in [1.54, 1.807) is 0 Å². The second-order valence-electron chi connectivity index (χ2n) is 6.06. The summed E-state index contributed by atoms with van der Waals surface area (Å²) < 4.78 is 28.9. The SMILES string of the molecule is CC(C)CNCCS(=O)(=O)CCCOC(C)(C)C. The second-order valence-corrected chi connectivity index (χ2v) is 8.37. The van der Waals surface area contributed by atoms with Crippen LogP contribution in [0.25, 0.3) is 0 Å². The van der Waals surface area contributed by atoms with Crippen LogP contribution in [0.4, 0.5) is 0 Å². The van der Waals surface area contributed by atoms with Crippen LogP contribution in [0.1, 0.15) is 41.0 Å². The molecule has 0 amide bonds. The minimum absolute atomic E-state index is 0.192. The summed E-state index contributed by atoms with van der Waals surface area (Å²) in [6.45, 7) is 12.0. The quantitative estimate of drug-likeness (QED) is 0.655. The lowest BCUT2D eigenvalue weighted by Gasteiger charge is -2.19. The number of rotatable bonds is 9. The average molecular weight is 279 g/mol. The molecule has 0 unspecified atom stereocenters. The first kappa shape index (κ1) is 17.9. The highest BCUT2D eigenvalue weighted by Crippen LogP contribution is 2.07. The first-order chi connectivity index (χ1) is 8.12. The van der Waals surface area contributed by atoms with Crippen molar-refractivity contribution in [2.75, 3.05) is 31.2 Å². The molecular weight excluding hydrogens is 250 g/mol. The molecule has 0 rings (SSSR count). The van der Waals surface area contributed by atoms with Crippen LogP contribution < -0.4 is 5.32 Å². The van der Waals surface area contributed by atoms with Crippen LogP contribution in [0.2, 0.25) is 0 Å². The third kappa shape index (κ3) is 12.3. The fraction of sp³-hybridized carbons (Fsp3) is 1.00. The first-order valence-electron chi connectivity index (χ1n) is 6.67. The van der Waals surface area contributed by atoms with Crippen molar-refractivity contribution in [2.24, 2.45) is 5.92 Å². The summed E-state index contributed by atoms with van der Waals surface area (Å²) in [6, 6.07) is 0. The van der Waals surface area contributed by atoms with Gasteiger partial charge in [0.15, 0.2) is 9.84 Å². The van der Waals surface area contributed by atoms with Crippen molar-refractivity contribution in [2.45, 2.75) is 46.6 Å². The lowest BCUT2D eigenvalue weighted by Crippen LogP contribution is -2.28. The van der Waals surface area contributed by atoms with Gasteiger partial charge in [0, 0.05) is 13.2 Å². The molecule has 0 atom stereocenters. The lowest BCUT2D eigenvalue weighted by molar-refractivity contribution is -0.00211. The van der Waals surface area contributed by atoms with E-state index in [4.69, 9.17) is 4.74 Å². The van der Waals surface area contributed by atoms with Crippen molar-refractivity contribution in [1.29, 1.82) is 0 Å². The Morgan fingerprint density at radius 3 is 2.28 bits per heavy atom. The van der Waals surface area contributed by atoms with Gasteiger partial charge in [0.1, 0.15) is 0 Å². The molecule has 0 aromatic heterocycles. The van der Waals surface area contributed by atoms with Crippen molar-refractivity contribution in [3.8, 4) is 0 Å². The maximum Gasteiger partial charge on any atom is 0.151 e. The van der Waals surface area contributed by atoms with Crippen LogP contribution in [0.15, 0.2) is 0 Å². The third-order valence-electron chi connectivity index (χ3n) is 2.28. The van der Waals surface area contributed by atoms with E-state index in [9.17, 15) is 8.42 Å². The van der Waals surface area contributed by atoms with Gasteiger partial charge in [-0.25, -0.2) is 8.42 Å². The van der Waals surface area contributed by atoms with Crippen molar-refractivity contribution < 1.29 is 13.2 Å². The van der Waals surface area contributed by atoms with E-state index in [1.165, 1.54) is 0 Å². The van der Waals surface area contributed by atoms with E-state index in [1.807, 2.05) is 20.8 Å². The molecule has 1 N–H and O–H groups in total. The van der Waals surface area contributed by atoms with E-state index >= 15 is 0 Å². The molecule has 110 valence electrons. The van der Waals surface area contributed by atoms with Crippen molar-refractivity contribution in [1.82, 2.24) is 5.32 Å². The topological polar surface area (TPSA) is 55.4 Å². The van der Waals surface area contributed by atoms with Crippen molar-refractivity contribution in [3.63, 3.8) is 0 Å². The predicted octanol–water partition coefficient (Wildman–Crippen LogP) is 1.85. The summed E-state index contributed by atoms with van der Waals surface area (Å²) in [4.78, 5) is 0. The van der Waals surface area contributed by atoms with Gasteiger partial charge in [-0.2, -0.15) is 0 Å². The fourth-order valence-electron chi connectivity index (χ4n) is 1.38. The van der Waals surface area contributed by atoms with Gasteiger partial charge >= 0.3 is 0 Å². The Hall–Kier alpha value is -0.130. The van der Waals surface area contributed by atoms with E-state index in [0.29, 0.717) is 25.5 Å². The minimum atomic E-state index is -2.94. The summed E-state index contributed by atoms with van der Waals surface area (Å²) in [5.41, 5.74) is -0.192. The molecule has 0 aliphatic carbocycles. The Morgan fingerprint density at radius 2 is 1.78 bits per heavy atom. The summed E-state index contributed by atoms with van der Waals surface area (Å²) in [6.07, 6.45) is 0.573. The highest BCUT2D eigenvalue weighted by atomic mass is 32.2. The molecule has 0 aliphatic heterocycles. The third-order valence-corrected chi connectivity index (χ3v) is 4.01. The highest BCUT2D eigenvalue weighted by molar-refractivity contribution is 7.91. The van der Waals surface area contributed by atoms with Crippen LogP contribution in [-0.4, -0.2) is 45.2 Å². The van der Waals surface area contributed by atoms with E-state index in [-0.39, 0.29) is 17.1 Å². The predicted molar refractivity (Wildman–Crippen MR) is 76.7 cm³/mol. The zero-order chi connectivity index (χ0) is 14.2. The average Bonchev–Trinajstić information content (AvgIpc) is 2.18. The smallest absolute Gasteiger partial charge is 0.151 e. The largest absolute Gasteiger partial charge is 0.376 e. The number of sulfone groups is 1. The maximum atomic E-state index is 11.7. The summed E-state index contributed by atoms with van der Waals surface area (Å²) in [5.74, 6) is 0.981. The van der Waals surface area contributed by atoms with Crippen LogP contribution >= 0.6 is 0 Å². The fourth-order valence-corrected chi connectivity index (χ4v) is 2.59. The zero-order valence-electron chi connectivity index (χ0n) is 12.5. The first-order valence-corrected chi connectivity index (χ1v) is 8.49. The van der Waals surface area contributed by atoms with Gasteiger partial charge in [-0.15, -0.1) is 0 Å². The standard InChI is InChI=1S/C13H29NO3S/c1-12(2)11-14-7-10-18(15,16)9-6-8-17-13(3,4)5/h12,14H,6-11H2,1-5H3. The number of nitrogens with one attached hydrogen (secondary N) is 1. The van der Waals surface area contributed by atoms with E-state index in [2.05, 4.69) is 19.2 Å². The van der Waals surface area contributed by atoms with Gasteiger partial charge in [0.2, 0.25) is 0 Å². The molecule has 4 nitrogen and oxygen atoms in total. The number of ether oxygens (including phenoxy) is 1. The Bertz CT molecular complexity index is 305. The van der Waals surface area contributed by atoms with Crippen LogP contribution in [0.5, 0.6) is 0 Å². The van der Waals surface area contributed by atoms with Crippen LogP contribution in [0.3, 0.4) is 0 Å². The van der Waals surface area contributed by atoms with Gasteiger partial charge in [-0.05, 0) is 39.7 Å². The molecule has 0 fully saturated rings. The highest BCUT2D eigenvalue weighted by Gasteiger charge is 2.13. The van der Waals surface area contributed by atoms with Crippen LogP contribution in [0, 0.1) is 5.92 Å². The molecule has 0 saturated heterocycles. The Labute approximate surface area is 112 Å². The monoisotopic (exact) mass is 279 g/mol. The Balaban J connectivity index is 3.68. The molecule has 0 saturated carbocycles. The van der Waals surface area contributed by atoms with Gasteiger partial charge in [0.05, 0.1) is 17.1 Å². The summed E-state index contributed by atoms with van der Waals surface area (Å²) in [7, 11) is -2.94. The molecule has 0 radical (unpaired) electrons. The Morgan fingerprint density at radius 1 is 1.17 bits per heavy atom. The lowest BCUT2D eigenvalue weighted by atomic mass is 10.2. The van der Waals surface area contributed by atoms with Gasteiger partial charge in [-0.1, -0.05) is 13.8 Å². The van der Waals surface area contributed by atoms with Crippen LogP contribution in [-0.2, 0) is 14.6 Å². The normalized spacial score (nSPS) is 13.2. The maximum absolute atomic E-state index is 11.7. The number of hydrogen-bond donors (Lipinski definition) is 1. The molecule has 5 heteroatoms. The summed E-state index contributed by atoms with van der Waals surface area (Å²) in [5, 5.41) is 3.15. The minimum Gasteiger partial charge on any atom is -0.376 e. The Kier molecular flexibility index (Phi) is 8.06. The summed E-state index contributed by atoms with van der Waals surface area (Å²) >= 11 is 0. The molecule has 18 heavy (non-hydrogen) atoms.